The number of unbranched alkanes of at least 4 members (excludes halogenated alkanes) is 4. The molecule has 0 saturated heterocycles. The molecule has 0 aliphatic heterocycles. The molecule has 0 amide bonds. The molecule has 5 heteroatoms. The van der Waals surface area contributed by atoms with Crippen molar-refractivity contribution in [3.8, 4) is 0 Å². The van der Waals surface area contributed by atoms with Gasteiger partial charge in [0.1, 0.15) is 0 Å². The summed E-state index contributed by atoms with van der Waals surface area (Å²) in [6.07, 6.45) is 17.5. The molecule has 1 fully saturated rings. The molecule has 28 heavy (non-hydrogen) atoms. The first-order chi connectivity index (χ1) is 13.4. The lowest BCUT2D eigenvalue weighted by molar-refractivity contribution is -0.222. The number of carbonyl (C=O) groups is 1. The second-order valence-electron chi connectivity index (χ2n) is 8.17. The highest BCUT2D eigenvalue weighted by molar-refractivity contribution is 5.77. The zero-order valence-electron chi connectivity index (χ0n) is 17.8. The molecule has 0 aromatic rings. The van der Waals surface area contributed by atoms with Crippen LogP contribution in [-0.4, -0.2) is 35.8 Å². The molecule has 162 valence electrons. The number of aliphatic hydroxyl groups is 2. The quantitative estimate of drug-likeness (QED) is 0.199. The molecule has 2 N–H and O–H groups in total. The highest BCUT2D eigenvalue weighted by Gasteiger charge is 2.40. The van der Waals surface area contributed by atoms with Crippen LogP contribution in [0.5, 0.6) is 0 Å². The average molecular weight is 399 g/mol. The van der Waals surface area contributed by atoms with Crippen molar-refractivity contribution in [3.05, 3.63) is 24.3 Å². The van der Waals surface area contributed by atoms with E-state index in [0.717, 1.165) is 32.8 Å². The number of allylic oxidation sites excluding steroid dienone is 4. The van der Waals surface area contributed by atoms with Crippen LogP contribution in [0.2, 0.25) is 0 Å². The topological polar surface area (TPSA) is 66.8 Å². The second-order valence-corrected chi connectivity index (χ2v) is 8.17. The molecular weight excluding hydrogens is 359 g/mol. The zero-order valence-corrected chi connectivity index (χ0v) is 17.8. The summed E-state index contributed by atoms with van der Waals surface area (Å²) in [4.78, 5) is 11.4. The molecule has 1 aliphatic rings. The lowest BCUT2D eigenvalue weighted by Crippen LogP contribution is -2.45. The van der Waals surface area contributed by atoms with Crippen molar-refractivity contribution in [2.45, 2.75) is 77.4 Å². The summed E-state index contributed by atoms with van der Waals surface area (Å²) in [6, 6.07) is 0. The monoisotopic (exact) mass is 398 g/mol. The van der Waals surface area contributed by atoms with Crippen molar-refractivity contribution < 1.29 is 24.1 Å². The van der Waals surface area contributed by atoms with Gasteiger partial charge in [-0.3, -0.25) is 4.39 Å². The van der Waals surface area contributed by atoms with Crippen LogP contribution in [0, 0.1) is 23.7 Å². The van der Waals surface area contributed by atoms with Crippen LogP contribution in [0.4, 0.5) is 4.39 Å². The number of hydrogen-bond donors (Lipinski definition) is 2. The first kappa shape index (κ1) is 24.8. The predicted octanol–water partition coefficient (Wildman–Crippen LogP) is 4.95. The van der Waals surface area contributed by atoms with Crippen molar-refractivity contribution in [1.29, 1.82) is 0 Å². The Morgan fingerprint density at radius 1 is 1.18 bits per heavy atom. The van der Waals surface area contributed by atoms with Gasteiger partial charge in [0, 0.05) is 5.92 Å². The molecule has 1 rings (SSSR count). The van der Waals surface area contributed by atoms with Crippen LogP contribution >= 0.6 is 0 Å². The van der Waals surface area contributed by atoms with Gasteiger partial charge >= 0.3 is 5.97 Å². The van der Waals surface area contributed by atoms with Crippen molar-refractivity contribution in [2.24, 2.45) is 23.7 Å². The summed E-state index contributed by atoms with van der Waals surface area (Å²) in [7, 11) is 1.13. The first-order valence-corrected chi connectivity index (χ1v) is 10.8. The van der Waals surface area contributed by atoms with Gasteiger partial charge in [0.2, 0.25) is 0 Å². The predicted molar refractivity (Wildman–Crippen MR) is 110 cm³/mol. The van der Waals surface area contributed by atoms with E-state index in [1.165, 1.54) is 25.7 Å². The molecule has 1 aliphatic carbocycles. The summed E-state index contributed by atoms with van der Waals surface area (Å²) >= 11 is 0. The Kier molecular flexibility index (Phi) is 11.6. The number of hydrogen-bond acceptors (Lipinski definition) is 4. The summed E-state index contributed by atoms with van der Waals surface area (Å²) in [6.45, 7) is 3.54. The lowest BCUT2D eigenvalue weighted by Gasteiger charge is -2.24. The Hall–Kier alpha value is -1.20. The van der Waals surface area contributed by atoms with E-state index in [-0.39, 0.29) is 18.5 Å². The maximum atomic E-state index is 13.4. The normalized spacial score (nSPS) is 24.3. The van der Waals surface area contributed by atoms with Crippen LogP contribution in [-0.2, 0) is 9.53 Å². The average Bonchev–Trinajstić information content (AvgIpc) is 3.08. The fourth-order valence-corrected chi connectivity index (χ4v) is 4.00. The number of carbonyl (C=O) groups excluding carboxylic acids is 1. The molecule has 1 unspecified atom stereocenters. The summed E-state index contributed by atoms with van der Waals surface area (Å²) in [5.41, 5.74) is 0. The van der Waals surface area contributed by atoms with E-state index in [0.29, 0.717) is 12.3 Å². The molecule has 4 nitrogen and oxygen atoms in total. The number of halogens is 1. The molecule has 0 aromatic heterocycles. The van der Waals surface area contributed by atoms with Crippen LogP contribution in [0.3, 0.4) is 0 Å². The Morgan fingerprint density at radius 2 is 1.89 bits per heavy atom. The third-order valence-electron chi connectivity index (χ3n) is 6.05. The SMILES string of the molecule is CCCCCC/C=C/[C@H]1[C@H](CF)CC[C@@H]1C/C=C\CC(C)C(O)(O)C(=O)OC. The summed E-state index contributed by atoms with van der Waals surface area (Å²) in [5.74, 6) is -3.37. The largest absolute Gasteiger partial charge is 0.465 e. The molecular formula is C23H39FO4. The van der Waals surface area contributed by atoms with Crippen LogP contribution in [0.1, 0.15) is 71.6 Å². The van der Waals surface area contributed by atoms with E-state index in [9.17, 15) is 19.4 Å². The van der Waals surface area contributed by atoms with Gasteiger partial charge in [-0.2, -0.15) is 0 Å². The van der Waals surface area contributed by atoms with Gasteiger partial charge < -0.3 is 14.9 Å². The van der Waals surface area contributed by atoms with E-state index in [4.69, 9.17) is 0 Å². The molecule has 0 heterocycles. The van der Waals surface area contributed by atoms with Crippen molar-refractivity contribution in [2.75, 3.05) is 13.8 Å². The molecule has 0 aromatic carbocycles. The fraction of sp³-hybridized carbons (Fsp3) is 0.783. The highest BCUT2D eigenvalue weighted by atomic mass is 19.1. The number of alkyl halides is 1. The Morgan fingerprint density at radius 3 is 2.54 bits per heavy atom. The van der Waals surface area contributed by atoms with E-state index in [1.807, 2.05) is 12.2 Å². The van der Waals surface area contributed by atoms with Crippen LogP contribution < -0.4 is 0 Å². The number of esters is 1. The Balaban J connectivity index is 2.50. The third kappa shape index (κ3) is 7.67. The van der Waals surface area contributed by atoms with Crippen molar-refractivity contribution in [1.82, 2.24) is 0 Å². The van der Waals surface area contributed by atoms with E-state index < -0.39 is 17.7 Å². The summed E-state index contributed by atoms with van der Waals surface area (Å²) in [5, 5.41) is 19.7. The van der Waals surface area contributed by atoms with Gasteiger partial charge in [0.15, 0.2) is 0 Å². The minimum Gasteiger partial charge on any atom is -0.465 e. The van der Waals surface area contributed by atoms with Gasteiger partial charge in [0.05, 0.1) is 13.8 Å². The number of methoxy groups -OCH3 is 1. The highest BCUT2D eigenvalue weighted by Crippen LogP contribution is 2.40. The fourth-order valence-electron chi connectivity index (χ4n) is 4.00. The maximum absolute atomic E-state index is 13.4. The smallest absolute Gasteiger partial charge is 0.366 e. The minimum atomic E-state index is -2.48. The van der Waals surface area contributed by atoms with E-state index >= 15 is 0 Å². The molecule has 4 atom stereocenters. The molecule has 0 bridgehead atoms. The first-order valence-electron chi connectivity index (χ1n) is 10.8. The standard InChI is InChI=1S/C23H39FO4/c1-4-5-6-7-8-9-14-21-19(15-16-20(21)17-24)13-11-10-12-18(2)23(26,27)22(25)28-3/h9-11,14,18-21,26-27H,4-8,12-13,15-17H2,1-3H3/b11-10-,14-9+/t18?,19-,20-,21+/m0/s1. The number of ether oxygens (including phenoxy) is 1. The third-order valence-corrected chi connectivity index (χ3v) is 6.05. The zero-order chi connectivity index (χ0) is 21.0. The maximum Gasteiger partial charge on any atom is 0.366 e. The van der Waals surface area contributed by atoms with E-state index in [2.05, 4.69) is 23.8 Å². The van der Waals surface area contributed by atoms with Crippen LogP contribution in [0.15, 0.2) is 24.3 Å². The molecule has 0 spiro atoms. The van der Waals surface area contributed by atoms with Gasteiger partial charge in [0.25, 0.3) is 5.79 Å². The van der Waals surface area contributed by atoms with Crippen molar-refractivity contribution >= 4 is 5.97 Å². The minimum absolute atomic E-state index is 0.117. The van der Waals surface area contributed by atoms with Gasteiger partial charge in [-0.1, -0.05) is 57.4 Å². The molecule has 0 radical (unpaired) electrons. The Labute approximate surface area is 169 Å². The van der Waals surface area contributed by atoms with Crippen LogP contribution in [0.25, 0.3) is 0 Å². The lowest BCUT2D eigenvalue weighted by atomic mass is 9.87. The Bertz CT molecular complexity index is 501. The van der Waals surface area contributed by atoms with Gasteiger partial charge in [-0.15, -0.1) is 0 Å². The van der Waals surface area contributed by atoms with Gasteiger partial charge in [-0.05, 0) is 56.3 Å². The van der Waals surface area contributed by atoms with Gasteiger partial charge in [-0.25, -0.2) is 4.79 Å². The number of rotatable bonds is 13. The van der Waals surface area contributed by atoms with Crippen molar-refractivity contribution in [3.63, 3.8) is 0 Å². The summed E-state index contributed by atoms with van der Waals surface area (Å²) < 4.78 is 17.8. The van der Waals surface area contributed by atoms with E-state index in [1.54, 1.807) is 6.92 Å². The molecule has 1 saturated carbocycles. The second kappa shape index (κ2) is 13.1.